The molecule has 0 aromatic heterocycles. The topological polar surface area (TPSA) is 104 Å². The quantitative estimate of drug-likeness (QED) is 0.555. The van der Waals surface area contributed by atoms with Crippen molar-refractivity contribution in [3.8, 4) is 0 Å². The molecule has 0 saturated heterocycles. The highest BCUT2D eigenvalue weighted by atomic mass is 16.6. The predicted molar refractivity (Wildman–Crippen MR) is 72.7 cm³/mol. The molecule has 1 heterocycles. The van der Waals surface area contributed by atoms with Crippen LogP contribution < -0.4 is 10.6 Å². The standard InChI is InChI=1S/C13H15N3O4/c17-7-13(1-2-13)6-14-10-5-9-8(4-12(18)15-9)3-11(10)16(19)20/h3,5,14,17H,1-2,4,6-7H2,(H,15,18). The number of anilines is 2. The highest BCUT2D eigenvalue weighted by molar-refractivity contribution is 6.00. The van der Waals surface area contributed by atoms with Gasteiger partial charge in [-0.25, -0.2) is 0 Å². The molecule has 7 heteroatoms. The van der Waals surface area contributed by atoms with Gasteiger partial charge in [-0.05, 0) is 24.5 Å². The molecule has 2 aliphatic rings. The number of carbonyl (C=O) groups excluding carboxylic acids is 1. The van der Waals surface area contributed by atoms with Gasteiger partial charge in [-0.3, -0.25) is 14.9 Å². The van der Waals surface area contributed by atoms with E-state index in [0.717, 1.165) is 12.8 Å². The first kappa shape index (κ1) is 12.9. The number of aliphatic hydroxyl groups is 1. The van der Waals surface area contributed by atoms with Gasteiger partial charge in [0.2, 0.25) is 5.91 Å². The van der Waals surface area contributed by atoms with Crippen molar-refractivity contribution in [3.63, 3.8) is 0 Å². The van der Waals surface area contributed by atoms with Gasteiger partial charge in [-0.15, -0.1) is 0 Å². The lowest BCUT2D eigenvalue weighted by atomic mass is 10.1. The Bertz CT molecular complexity index is 596. The number of hydrogen-bond donors (Lipinski definition) is 3. The van der Waals surface area contributed by atoms with Crippen LogP contribution in [0.3, 0.4) is 0 Å². The average molecular weight is 277 g/mol. The van der Waals surface area contributed by atoms with Crippen LogP contribution in [0.2, 0.25) is 0 Å². The molecule has 1 aliphatic heterocycles. The van der Waals surface area contributed by atoms with E-state index in [1.807, 2.05) is 0 Å². The Morgan fingerprint density at radius 3 is 2.80 bits per heavy atom. The number of nitro benzene ring substituents is 1. The summed E-state index contributed by atoms with van der Waals surface area (Å²) in [6.07, 6.45) is 2.02. The van der Waals surface area contributed by atoms with E-state index >= 15 is 0 Å². The Morgan fingerprint density at radius 1 is 1.45 bits per heavy atom. The van der Waals surface area contributed by atoms with Crippen LogP contribution in [0.4, 0.5) is 17.1 Å². The summed E-state index contributed by atoms with van der Waals surface area (Å²) in [7, 11) is 0. The van der Waals surface area contributed by atoms with E-state index in [-0.39, 0.29) is 30.0 Å². The molecule has 0 spiro atoms. The number of fused-ring (bicyclic) bond motifs is 1. The van der Waals surface area contributed by atoms with Crippen LogP contribution in [-0.2, 0) is 11.2 Å². The largest absolute Gasteiger partial charge is 0.396 e. The molecule has 0 bridgehead atoms. The molecule has 1 aliphatic carbocycles. The number of nitrogens with one attached hydrogen (secondary N) is 2. The van der Waals surface area contributed by atoms with Crippen LogP contribution in [0.5, 0.6) is 0 Å². The molecule has 0 atom stereocenters. The fourth-order valence-corrected chi connectivity index (χ4v) is 2.40. The maximum Gasteiger partial charge on any atom is 0.292 e. The van der Waals surface area contributed by atoms with Gasteiger partial charge in [0.25, 0.3) is 5.69 Å². The van der Waals surface area contributed by atoms with Crippen LogP contribution in [-0.4, -0.2) is 29.1 Å². The molecule has 3 N–H and O–H groups in total. The summed E-state index contributed by atoms with van der Waals surface area (Å²) < 4.78 is 0. The number of hydrogen-bond acceptors (Lipinski definition) is 5. The lowest BCUT2D eigenvalue weighted by molar-refractivity contribution is -0.384. The summed E-state index contributed by atoms with van der Waals surface area (Å²) in [4.78, 5) is 22.0. The fraction of sp³-hybridized carbons (Fsp3) is 0.462. The number of nitro groups is 1. The van der Waals surface area contributed by atoms with Gasteiger partial charge in [0.1, 0.15) is 5.69 Å². The van der Waals surface area contributed by atoms with Crippen molar-refractivity contribution in [2.45, 2.75) is 19.3 Å². The van der Waals surface area contributed by atoms with E-state index in [1.165, 1.54) is 6.07 Å². The van der Waals surface area contributed by atoms with E-state index in [2.05, 4.69) is 10.6 Å². The minimum absolute atomic E-state index is 0.0333. The highest BCUT2D eigenvalue weighted by Crippen LogP contribution is 2.45. The number of carbonyl (C=O) groups is 1. The molecule has 106 valence electrons. The smallest absolute Gasteiger partial charge is 0.292 e. The second-order valence-corrected chi connectivity index (χ2v) is 5.52. The van der Waals surface area contributed by atoms with Gasteiger partial charge in [0, 0.05) is 23.7 Å². The third kappa shape index (κ3) is 2.20. The van der Waals surface area contributed by atoms with E-state index < -0.39 is 4.92 Å². The third-order valence-electron chi connectivity index (χ3n) is 3.99. The van der Waals surface area contributed by atoms with Crippen LogP contribution >= 0.6 is 0 Å². The number of rotatable bonds is 5. The predicted octanol–water partition coefficient (Wildman–Crippen LogP) is 1.27. The first-order valence-corrected chi connectivity index (χ1v) is 6.49. The van der Waals surface area contributed by atoms with Crippen molar-refractivity contribution in [2.75, 3.05) is 23.8 Å². The van der Waals surface area contributed by atoms with Crippen LogP contribution in [0, 0.1) is 15.5 Å². The van der Waals surface area contributed by atoms with Gasteiger partial charge in [0.15, 0.2) is 0 Å². The van der Waals surface area contributed by atoms with Gasteiger partial charge >= 0.3 is 0 Å². The monoisotopic (exact) mass is 277 g/mol. The molecular formula is C13H15N3O4. The SMILES string of the molecule is O=C1Cc2cc([N+](=O)[O-])c(NCC3(CO)CC3)cc2N1. The zero-order chi connectivity index (χ0) is 14.3. The third-order valence-corrected chi connectivity index (χ3v) is 3.99. The summed E-state index contributed by atoms with van der Waals surface area (Å²) in [6.45, 7) is 0.576. The summed E-state index contributed by atoms with van der Waals surface area (Å²) in [5.41, 5.74) is 1.48. The van der Waals surface area contributed by atoms with E-state index in [1.54, 1.807) is 6.07 Å². The number of aliphatic hydroxyl groups excluding tert-OH is 1. The van der Waals surface area contributed by atoms with Gasteiger partial charge < -0.3 is 15.7 Å². The Kier molecular flexibility index (Phi) is 2.86. The van der Waals surface area contributed by atoms with Gasteiger partial charge in [-0.2, -0.15) is 0 Å². The Hall–Kier alpha value is -2.15. The maximum absolute atomic E-state index is 11.3. The van der Waals surface area contributed by atoms with Crippen LogP contribution in [0.1, 0.15) is 18.4 Å². The molecule has 1 saturated carbocycles. The molecule has 1 aromatic rings. The molecule has 3 rings (SSSR count). The molecule has 1 fully saturated rings. The lowest BCUT2D eigenvalue weighted by Gasteiger charge is -2.14. The normalized spacial score (nSPS) is 18.4. The van der Waals surface area contributed by atoms with Crippen molar-refractivity contribution in [1.82, 2.24) is 0 Å². The van der Waals surface area contributed by atoms with Crippen molar-refractivity contribution in [2.24, 2.45) is 5.41 Å². The fourth-order valence-electron chi connectivity index (χ4n) is 2.40. The molecule has 7 nitrogen and oxygen atoms in total. The van der Waals surface area contributed by atoms with Gasteiger partial charge in [-0.1, -0.05) is 0 Å². The number of benzene rings is 1. The highest BCUT2D eigenvalue weighted by Gasteiger charge is 2.42. The molecule has 20 heavy (non-hydrogen) atoms. The minimum atomic E-state index is -0.454. The first-order chi connectivity index (χ1) is 9.53. The van der Waals surface area contributed by atoms with Crippen LogP contribution in [0.15, 0.2) is 12.1 Å². The van der Waals surface area contributed by atoms with Gasteiger partial charge in [0.05, 0.1) is 18.0 Å². The van der Waals surface area contributed by atoms with Crippen molar-refractivity contribution in [1.29, 1.82) is 0 Å². The second-order valence-electron chi connectivity index (χ2n) is 5.52. The Balaban J connectivity index is 1.87. The first-order valence-electron chi connectivity index (χ1n) is 6.49. The Morgan fingerprint density at radius 2 is 2.20 bits per heavy atom. The van der Waals surface area contributed by atoms with Crippen molar-refractivity contribution in [3.05, 3.63) is 27.8 Å². The number of amides is 1. The molecular weight excluding hydrogens is 262 g/mol. The zero-order valence-corrected chi connectivity index (χ0v) is 10.8. The second kappa shape index (κ2) is 4.45. The lowest BCUT2D eigenvalue weighted by Crippen LogP contribution is -2.19. The van der Waals surface area contributed by atoms with E-state index in [0.29, 0.717) is 23.5 Å². The Labute approximate surface area is 115 Å². The van der Waals surface area contributed by atoms with Crippen molar-refractivity contribution < 1.29 is 14.8 Å². The van der Waals surface area contributed by atoms with Crippen molar-refractivity contribution >= 4 is 23.0 Å². The average Bonchev–Trinajstić information content (AvgIpc) is 3.10. The molecule has 1 amide bonds. The summed E-state index contributed by atoms with van der Waals surface area (Å²) in [6, 6.07) is 3.04. The minimum Gasteiger partial charge on any atom is -0.396 e. The number of nitrogens with zero attached hydrogens (tertiary/aromatic N) is 1. The maximum atomic E-state index is 11.3. The summed E-state index contributed by atoms with van der Waals surface area (Å²) >= 11 is 0. The molecule has 0 unspecified atom stereocenters. The molecule has 0 radical (unpaired) electrons. The summed E-state index contributed by atoms with van der Waals surface area (Å²) in [5, 5.41) is 26.1. The van der Waals surface area contributed by atoms with E-state index in [9.17, 15) is 20.0 Å². The zero-order valence-electron chi connectivity index (χ0n) is 10.8. The van der Waals surface area contributed by atoms with E-state index in [4.69, 9.17) is 0 Å². The summed E-state index contributed by atoms with van der Waals surface area (Å²) in [5.74, 6) is -0.152. The van der Waals surface area contributed by atoms with Crippen LogP contribution in [0.25, 0.3) is 0 Å². The molecule has 1 aromatic carbocycles.